The molecular formula is C12H19N3O4. The number of esters is 1. The van der Waals surface area contributed by atoms with Gasteiger partial charge in [-0.1, -0.05) is 32.6 Å². The Morgan fingerprint density at radius 2 is 2.26 bits per heavy atom. The second-order valence-electron chi connectivity index (χ2n) is 4.32. The molecule has 1 heterocycles. The number of nitro groups is 1. The molecule has 0 aliphatic heterocycles. The van der Waals surface area contributed by atoms with Gasteiger partial charge in [0.15, 0.2) is 0 Å². The number of rotatable bonds is 8. The average molecular weight is 269 g/mol. The summed E-state index contributed by atoms with van der Waals surface area (Å²) < 4.78 is 6.19. The Morgan fingerprint density at radius 1 is 1.53 bits per heavy atom. The predicted molar refractivity (Wildman–Crippen MR) is 68.7 cm³/mol. The number of aromatic nitrogens is 2. The van der Waals surface area contributed by atoms with Crippen molar-refractivity contribution < 1.29 is 14.5 Å². The summed E-state index contributed by atoms with van der Waals surface area (Å²) in [4.78, 5) is 25.4. The molecular weight excluding hydrogens is 250 g/mol. The van der Waals surface area contributed by atoms with Crippen LogP contribution in [-0.4, -0.2) is 27.6 Å². The van der Waals surface area contributed by atoms with Crippen molar-refractivity contribution in [1.29, 1.82) is 0 Å². The quantitative estimate of drug-likeness (QED) is 0.313. The molecule has 0 spiro atoms. The number of carbonyl (C=O) groups is 1. The number of unbranched alkanes of at least 4 members (excludes halogenated alkanes) is 3. The maximum Gasteiger partial charge on any atom is 0.381 e. The smallest absolute Gasteiger partial charge is 0.381 e. The molecule has 1 aromatic rings. The fourth-order valence-electron chi connectivity index (χ4n) is 1.88. The number of hydrogen-bond acceptors (Lipinski definition) is 5. The summed E-state index contributed by atoms with van der Waals surface area (Å²) in [5.41, 5.74) is 0. The van der Waals surface area contributed by atoms with Crippen molar-refractivity contribution in [3.63, 3.8) is 0 Å². The molecule has 106 valence electrons. The van der Waals surface area contributed by atoms with E-state index in [9.17, 15) is 14.9 Å². The Balaban J connectivity index is 2.72. The van der Waals surface area contributed by atoms with E-state index >= 15 is 0 Å². The van der Waals surface area contributed by atoms with Crippen molar-refractivity contribution in [3.8, 4) is 0 Å². The van der Waals surface area contributed by atoms with Crippen LogP contribution in [0.15, 0.2) is 12.5 Å². The first-order valence-corrected chi connectivity index (χ1v) is 6.35. The summed E-state index contributed by atoms with van der Waals surface area (Å²) >= 11 is 0. The van der Waals surface area contributed by atoms with Crippen LogP contribution in [0.5, 0.6) is 0 Å². The topological polar surface area (TPSA) is 87.3 Å². The van der Waals surface area contributed by atoms with Gasteiger partial charge in [-0.05, 0) is 16.3 Å². The van der Waals surface area contributed by atoms with Crippen LogP contribution in [0.3, 0.4) is 0 Å². The maximum absolute atomic E-state index is 11.7. The Morgan fingerprint density at radius 3 is 2.79 bits per heavy atom. The maximum atomic E-state index is 11.7. The highest BCUT2D eigenvalue weighted by molar-refractivity contribution is 5.74. The number of ether oxygens (including phenoxy) is 1. The molecule has 0 bridgehead atoms. The van der Waals surface area contributed by atoms with Crippen molar-refractivity contribution in [2.45, 2.75) is 45.1 Å². The summed E-state index contributed by atoms with van der Waals surface area (Å²) in [5.74, 6) is -0.661. The Labute approximate surface area is 111 Å². The molecule has 19 heavy (non-hydrogen) atoms. The Bertz CT molecular complexity index is 430. The van der Waals surface area contributed by atoms with Gasteiger partial charge in [0.25, 0.3) is 0 Å². The second kappa shape index (κ2) is 7.50. The van der Waals surface area contributed by atoms with E-state index < -0.39 is 16.9 Å². The number of methoxy groups -OCH3 is 1. The first kappa shape index (κ1) is 15.1. The molecule has 0 N–H and O–H groups in total. The van der Waals surface area contributed by atoms with Crippen molar-refractivity contribution in [2.75, 3.05) is 7.11 Å². The molecule has 1 aromatic heterocycles. The van der Waals surface area contributed by atoms with Gasteiger partial charge in [0.1, 0.15) is 12.2 Å². The molecule has 0 saturated carbocycles. The van der Waals surface area contributed by atoms with Crippen molar-refractivity contribution in [3.05, 3.63) is 22.6 Å². The van der Waals surface area contributed by atoms with E-state index in [-0.39, 0.29) is 5.82 Å². The second-order valence-corrected chi connectivity index (χ2v) is 4.32. The van der Waals surface area contributed by atoms with Gasteiger partial charge < -0.3 is 14.9 Å². The van der Waals surface area contributed by atoms with E-state index in [4.69, 9.17) is 4.74 Å². The molecule has 0 unspecified atom stereocenters. The van der Waals surface area contributed by atoms with E-state index in [2.05, 4.69) is 11.9 Å². The van der Waals surface area contributed by atoms with Gasteiger partial charge in [-0.15, -0.1) is 0 Å². The summed E-state index contributed by atoms with van der Waals surface area (Å²) in [7, 11) is 1.31. The third kappa shape index (κ3) is 4.35. The van der Waals surface area contributed by atoms with Gasteiger partial charge in [0.05, 0.1) is 7.11 Å². The van der Waals surface area contributed by atoms with Crippen molar-refractivity contribution >= 4 is 11.8 Å². The van der Waals surface area contributed by atoms with Crippen LogP contribution in [0.4, 0.5) is 5.82 Å². The molecule has 0 aliphatic rings. The molecule has 0 saturated heterocycles. The van der Waals surface area contributed by atoms with Crippen LogP contribution in [0.1, 0.15) is 45.1 Å². The number of nitrogens with zero attached hydrogens (tertiary/aromatic N) is 3. The molecule has 1 atom stereocenters. The molecule has 7 heteroatoms. The Kier molecular flexibility index (Phi) is 5.98. The van der Waals surface area contributed by atoms with Crippen molar-refractivity contribution in [2.24, 2.45) is 0 Å². The fourth-order valence-corrected chi connectivity index (χ4v) is 1.88. The monoisotopic (exact) mass is 269 g/mol. The molecule has 0 aliphatic carbocycles. The summed E-state index contributed by atoms with van der Waals surface area (Å²) in [6, 6.07) is -0.539. The van der Waals surface area contributed by atoms with E-state index in [0.717, 1.165) is 25.7 Å². The zero-order valence-corrected chi connectivity index (χ0v) is 11.2. The van der Waals surface area contributed by atoms with Crippen LogP contribution >= 0.6 is 0 Å². The molecule has 1 rings (SSSR count). The first-order valence-electron chi connectivity index (χ1n) is 6.35. The number of hydrogen-bond donors (Lipinski definition) is 0. The van der Waals surface area contributed by atoms with Crippen LogP contribution in [0, 0.1) is 10.1 Å². The zero-order chi connectivity index (χ0) is 14.3. The minimum atomic E-state index is -0.581. The number of carbonyl (C=O) groups excluding carboxylic acids is 1. The van der Waals surface area contributed by atoms with E-state index in [1.807, 2.05) is 0 Å². The Hall–Kier alpha value is -1.92. The van der Waals surface area contributed by atoms with Gasteiger partial charge in [0.2, 0.25) is 6.33 Å². The molecule has 0 aromatic carbocycles. The average Bonchev–Trinajstić information content (AvgIpc) is 2.87. The molecule has 0 fully saturated rings. The highest BCUT2D eigenvalue weighted by atomic mass is 16.6. The molecule has 0 amide bonds. The summed E-state index contributed by atoms with van der Waals surface area (Å²) in [5, 5.41) is 10.6. The van der Waals surface area contributed by atoms with Crippen LogP contribution in [0.25, 0.3) is 0 Å². The lowest BCUT2D eigenvalue weighted by Gasteiger charge is -2.14. The SMILES string of the molecule is CCCCCC[C@@H](C(=O)OC)n1cnc([N+](=O)[O-])c1. The van der Waals surface area contributed by atoms with Crippen LogP contribution < -0.4 is 0 Å². The van der Waals surface area contributed by atoms with Gasteiger partial charge in [0, 0.05) is 0 Å². The van der Waals surface area contributed by atoms with Gasteiger partial charge in [-0.2, -0.15) is 0 Å². The van der Waals surface area contributed by atoms with Crippen LogP contribution in [-0.2, 0) is 9.53 Å². The fraction of sp³-hybridized carbons (Fsp3) is 0.667. The number of imidazole rings is 1. The largest absolute Gasteiger partial charge is 0.467 e. The molecule has 0 radical (unpaired) electrons. The first-order chi connectivity index (χ1) is 9.10. The lowest BCUT2D eigenvalue weighted by atomic mass is 10.1. The van der Waals surface area contributed by atoms with Gasteiger partial charge >= 0.3 is 11.8 Å². The summed E-state index contributed by atoms with van der Waals surface area (Å²) in [6.07, 6.45) is 7.29. The van der Waals surface area contributed by atoms with Gasteiger partial charge in [-0.25, -0.2) is 4.79 Å². The predicted octanol–water partition coefficient (Wildman–Crippen LogP) is 2.48. The highest BCUT2D eigenvalue weighted by Gasteiger charge is 2.23. The minimum Gasteiger partial charge on any atom is -0.467 e. The van der Waals surface area contributed by atoms with E-state index in [1.54, 1.807) is 0 Å². The third-order valence-electron chi connectivity index (χ3n) is 2.94. The minimum absolute atomic E-state index is 0.262. The standard InChI is InChI=1S/C12H19N3O4/c1-3-4-5-6-7-10(12(16)19-2)14-8-11(13-9-14)15(17)18/h8-10H,3-7H2,1-2H3/t10-/m0/s1. The van der Waals surface area contributed by atoms with Crippen molar-refractivity contribution in [1.82, 2.24) is 9.55 Å². The third-order valence-corrected chi connectivity index (χ3v) is 2.94. The van der Waals surface area contributed by atoms with E-state index in [0.29, 0.717) is 6.42 Å². The normalized spacial score (nSPS) is 12.1. The lowest BCUT2D eigenvalue weighted by Crippen LogP contribution is -2.19. The summed E-state index contributed by atoms with van der Waals surface area (Å²) in [6.45, 7) is 2.11. The highest BCUT2D eigenvalue weighted by Crippen LogP contribution is 2.20. The lowest BCUT2D eigenvalue weighted by molar-refractivity contribution is -0.389. The van der Waals surface area contributed by atoms with E-state index in [1.165, 1.54) is 24.2 Å². The van der Waals surface area contributed by atoms with Crippen LogP contribution in [0.2, 0.25) is 0 Å². The van der Waals surface area contributed by atoms with Gasteiger partial charge in [-0.3, -0.25) is 4.57 Å². The zero-order valence-electron chi connectivity index (χ0n) is 11.2. The molecule has 7 nitrogen and oxygen atoms in total.